The lowest BCUT2D eigenvalue weighted by molar-refractivity contribution is 0.0993. The van der Waals surface area contributed by atoms with Crippen molar-refractivity contribution in [2.24, 2.45) is 0 Å². The standard InChI is InChI=1S/C16H19N3O/c1-18(2)13-8-6-7-12(11-13)16(20)19(3)15-10-5-4-9-14(15)17/h4-11H,17H2,1-3H3. The second-order valence-corrected chi connectivity index (χ2v) is 4.87. The highest BCUT2D eigenvalue weighted by Crippen LogP contribution is 2.23. The second kappa shape index (κ2) is 5.65. The molecule has 4 heteroatoms. The highest BCUT2D eigenvalue weighted by atomic mass is 16.2. The van der Waals surface area contributed by atoms with Gasteiger partial charge in [0, 0.05) is 32.4 Å². The first-order valence-electron chi connectivity index (χ1n) is 6.40. The van der Waals surface area contributed by atoms with Crippen LogP contribution in [0.2, 0.25) is 0 Å². The van der Waals surface area contributed by atoms with Gasteiger partial charge in [-0.3, -0.25) is 4.79 Å². The Kier molecular flexibility index (Phi) is 3.94. The fraction of sp³-hybridized carbons (Fsp3) is 0.188. The van der Waals surface area contributed by atoms with Crippen molar-refractivity contribution in [3.8, 4) is 0 Å². The first-order chi connectivity index (χ1) is 9.50. The van der Waals surface area contributed by atoms with Crippen molar-refractivity contribution in [1.29, 1.82) is 0 Å². The molecular formula is C16H19N3O. The van der Waals surface area contributed by atoms with Crippen molar-refractivity contribution in [1.82, 2.24) is 0 Å². The number of nitrogens with two attached hydrogens (primary N) is 1. The predicted molar refractivity (Wildman–Crippen MR) is 84.4 cm³/mol. The number of hydrogen-bond acceptors (Lipinski definition) is 3. The minimum absolute atomic E-state index is 0.0772. The molecule has 2 aromatic rings. The molecule has 20 heavy (non-hydrogen) atoms. The van der Waals surface area contributed by atoms with Gasteiger partial charge >= 0.3 is 0 Å². The Bertz CT molecular complexity index is 623. The molecule has 0 unspecified atom stereocenters. The smallest absolute Gasteiger partial charge is 0.258 e. The van der Waals surface area contributed by atoms with E-state index in [4.69, 9.17) is 5.73 Å². The van der Waals surface area contributed by atoms with Gasteiger partial charge in [0.25, 0.3) is 5.91 Å². The maximum absolute atomic E-state index is 12.5. The zero-order valence-electron chi connectivity index (χ0n) is 12.0. The maximum Gasteiger partial charge on any atom is 0.258 e. The lowest BCUT2D eigenvalue weighted by Crippen LogP contribution is -2.27. The number of nitrogens with zero attached hydrogens (tertiary/aromatic N) is 2. The largest absolute Gasteiger partial charge is 0.397 e. The molecule has 0 aliphatic carbocycles. The van der Waals surface area contributed by atoms with E-state index >= 15 is 0 Å². The van der Waals surface area contributed by atoms with Crippen molar-refractivity contribution in [3.05, 3.63) is 54.1 Å². The number of anilines is 3. The Morgan fingerprint density at radius 3 is 2.35 bits per heavy atom. The molecular weight excluding hydrogens is 250 g/mol. The molecule has 104 valence electrons. The van der Waals surface area contributed by atoms with Crippen molar-refractivity contribution in [3.63, 3.8) is 0 Å². The van der Waals surface area contributed by atoms with Crippen LogP contribution in [0.3, 0.4) is 0 Å². The van der Waals surface area contributed by atoms with E-state index in [2.05, 4.69) is 0 Å². The molecule has 2 aromatic carbocycles. The van der Waals surface area contributed by atoms with Gasteiger partial charge in [0.2, 0.25) is 0 Å². The molecule has 4 nitrogen and oxygen atoms in total. The second-order valence-electron chi connectivity index (χ2n) is 4.87. The molecule has 0 spiro atoms. The minimum atomic E-state index is -0.0772. The zero-order valence-corrected chi connectivity index (χ0v) is 12.0. The molecule has 0 fully saturated rings. The van der Waals surface area contributed by atoms with Crippen LogP contribution >= 0.6 is 0 Å². The summed E-state index contributed by atoms with van der Waals surface area (Å²) < 4.78 is 0. The van der Waals surface area contributed by atoms with Crippen molar-refractivity contribution in [2.45, 2.75) is 0 Å². The van der Waals surface area contributed by atoms with Crippen LogP contribution in [-0.4, -0.2) is 27.1 Å². The number of carbonyl (C=O) groups excluding carboxylic acids is 1. The number of rotatable bonds is 3. The fourth-order valence-corrected chi connectivity index (χ4v) is 2.01. The average Bonchev–Trinajstić information content (AvgIpc) is 2.46. The molecule has 0 bridgehead atoms. The zero-order chi connectivity index (χ0) is 14.7. The van der Waals surface area contributed by atoms with Gasteiger partial charge < -0.3 is 15.5 Å². The van der Waals surface area contributed by atoms with Crippen molar-refractivity contribution < 1.29 is 4.79 Å². The molecule has 0 heterocycles. The van der Waals surface area contributed by atoms with E-state index in [-0.39, 0.29) is 5.91 Å². The van der Waals surface area contributed by atoms with Gasteiger partial charge in [-0.05, 0) is 30.3 Å². The van der Waals surface area contributed by atoms with Gasteiger partial charge in [-0.15, -0.1) is 0 Å². The van der Waals surface area contributed by atoms with Crippen LogP contribution in [-0.2, 0) is 0 Å². The Morgan fingerprint density at radius 1 is 1.00 bits per heavy atom. The summed E-state index contributed by atoms with van der Waals surface area (Å²) in [7, 11) is 5.63. The summed E-state index contributed by atoms with van der Waals surface area (Å²) in [6.45, 7) is 0. The number of hydrogen-bond donors (Lipinski definition) is 1. The Morgan fingerprint density at radius 2 is 1.70 bits per heavy atom. The van der Waals surface area contributed by atoms with Crippen molar-refractivity contribution >= 4 is 23.0 Å². The maximum atomic E-state index is 12.5. The summed E-state index contributed by atoms with van der Waals surface area (Å²) in [5.41, 5.74) is 8.85. The van der Waals surface area contributed by atoms with Crippen LogP contribution < -0.4 is 15.5 Å². The van der Waals surface area contributed by atoms with Gasteiger partial charge in [-0.1, -0.05) is 18.2 Å². The Hall–Kier alpha value is -2.49. The third kappa shape index (κ3) is 2.74. The van der Waals surface area contributed by atoms with E-state index in [1.807, 2.05) is 61.5 Å². The molecule has 2 N–H and O–H groups in total. The molecule has 1 amide bonds. The van der Waals surface area contributed by atoms with Crippen LogP contribution in [0.4, 0.5) is 17.1 Å². The average molecular weight is 269 g/mol. The van der Waals surface area contributed by atoms with E-state index in [1.165, 1.54) is 0 Å². The van der Waals surface area contributed by atoms with E-state index in [0.717, 1.165) is 5.69 Å². The Balaban J connectivity index is 2.32. The van der Waals surface area contributed by atoms with E-state index in [9.17, 15) is 4.79 Å². The van der Waals surface area contributed by atoms with Crippen LogP contribution in [0, 0.1) is 0 Å². The summed E-state index contributed by atoms with van der Waals surface area (Å²) in [6, 6.07) is 14.9. The van der Waals surface area contributed by atoms with Gasteiger partial charge in [-0.2, -0.15) is 0 Å². The highest BCUT2D eigenvalue weighted by Gasteiger charge is 2.15. The fourth-order valence-electron chi connectivity index (χ4n) is 2.01. The van der Waals surface area contributed by atoms with Gasteiger partial charge in [-0.25, -0.2) is 0 Å². The highest BCUT2D eigenvalue weighted by molar-refractivity contribution is 6.07. The van der Waals surface area contributed by atoms with Gasteiger partial charge in [0.15, 0.2) is 0 Å². The summed E-state index contributed by atoms with van der Waals surface area (Å²) in [5, 5.41) is 0. The Labute approximate surface area is 119 Å². The lowest BCUT2D eigenvalue weighted by Gasteiger charge is -2.20. The SMILES string of the molecule is CN(C)c1cccc(C(=O)N(C)c2ccccc2N)c1. The number of amides is 1. The predicted octanol–water partition coefficient (Wildman–Crippen LogP) is 2.61. The number of carbonyl (C=O) groups is 1. The third-order valence-corrected chi connectivity index (χ3v) is 3.21. The molecule has 2 rings (SSSR count). The molecule has 0 aliphatic heterocycles. The summed E-state index contributed by atoms with van der Waals surface area (Å²) >= 11 is 0. The van der Waals surface area contributed by atoms with E-state index in [1.54, 1.807) is 18.0 Å². The van der Waals surface area contributed by atoms with E-state index < -0.39 is 0 Å². The van der Waals surface area contributed by atoms with Crippen LogP contribution in [0.15, 0.2) is 48.5 Å². The summed E-state index contributed by atoms with van der Waals surface area (Å²) in [4.78, 5) is 16.1. The van der Waals surface area contributed by atoms with Gasteiger partial charge in [0.1, 0.15) is 0 Å². The molecule has 0 saturated carbocycles. The summed E-state index contributed by atoms with van der Waals surface area (Å²) in [6.07, 6.45) is 0. The van der Waals surface area contributed by atoms with Crippen LogP contribution in [0.5, 0.6) is 0 Å². The first kappa shape index (κ1) is 13.9. The quantitative estimate of drug-likeness (QED) is 0.871. The molecule has 0 radical (unpaired) electrons. The summed E-state index contributed by atoms with van der Waals surface area (Å²) in [5.74, 6) is -0.0772. The first-order valence-corrected chi connectivity index (χ1v) is 6.40. The van der Waals surface area contributed by atoms with Crippen LogP contribution in [0.25, 0.3) is 0 Å². The number of benzene rings is 2. The molecule has 0 atom stereocenters. The number of para-hydroxylation sites is 2. The topological polar surface area (TPSA) is 49.6 Å². The lowest BCUT2D eigenvalue weighted by atomic mass is 10.1. The molecule has 0 saturated heterocycles. The number of nitrogen functional groups attached to an aromatic ring is 1. The van der Waals surface area contributed by atoms with E-state index in [0.29, 0.717) is 16.9 Å². The van der Waals surface area contributed by atoms with Crippen LogP contribution in [0.1, 0.15) is 10.4 Å². The van der Waals surface area contributed by atoms with Gasteiger partial charge in [0.05, 0.1) is 11.4 Å². The third-order valence-electron chi connectivity index (χ3n) is 3.21. The molecule has 0 aromatic heterocycles. The molecule has 0 aliphatic rings. The van der Waals surface area contributed by atoms with Crippen molar-refractivity contribution in [2.75, 3.05) is 36.7 Å². The monoisotopic (exact) mass is 269 g/mol. The minimum Gasteiger partial charge on any atom is -0.397 e. The normalized spacial score (nSPS) is 10.2.